The Morgan fingerprint density at radius 1 is 0.408 bits per heavy atom. The molecule has 0 fully saturated rings. The summed E-state index contributed by atoms with van der Waals surface area (Å²) >= 11 is 1.87. The second-order valence-corrected chi connectivity index (χ2v) is 13.5. The molecule has 2 aromatic heterocycles. The van der Waals surface area contributed by atoms with Gasteiger partial charge < -0.3 is 9.32 Å². The largest absolute Gasteiger partial charge is 0.456 e. The second kappa shape index (κ2) is 11.2. The lowest BCUT2D eigenvalue weighted by atomic mass is 9.98. The van der Waals surface area contributed by atoms with Gasteiger partial charge in [0.05, 0.1) is 11.4 Å². The highest BCUT2D eigenvalue weighted by molar-refractivity contribution is 7.26. The average Bonchev–Trinajstić information content (AvgIpc) is 3.74. The van der Waals surface area contributed by atoms with Gasteiger partial charge in [-0.1, -0.05) is 127 Å². The fourth-order valence-electron chi connectivity index (χ4n) is 7.38. The molecule has 2 heterocycles. The highest BCUT2D eigenvalue weighted by Gasteiger charge is 2.21. The van der Waals surface area contributed by atoms with Crippen molar-refractivity contribution in [1.82, 2.24) is 0 Å². The van der Waals surface area contributed by atoms with Crippen LogP contribution in [0.2, 0.25) is 0 Å². The summed E-state index contributed by atoms with van der Waals surface area (Å²) in [6.07, 6.45) is 0. The van der Waals surface area contributed by atoms with Gasteiger partial charge in [0.1, 0.15) is 11.2 Å². The van der Waals surface area contributed by atoms with Crippen molar-refractivity contribution in [2.24, 2.45) is 0 Å². The predicted molar refractivity (Wildman–Crippen MR) is 210 cm³/mol. The molecule has 10 aromatic rings. The van der Waals surface area contributed by atoms with Gasteiger partial charge in [-0.05, 0) is 65.0 Å². The summed E-state index contributed by atoms with van der Waals surface area (Å²) in [6.45, 7) is 0. The Morgan fingerprint density at radius 3 is 1.96 bits per heavy atom. The minimum Gasteiger partial charge on any atom is -0.456 e. The van der Waals surface area contributed by atoms with Crippen LogP contribution in [0.4, 0.5) is 17.1 Å². The summed E-state index contributed by atoms with van der Waals surface area (Å²) in [4.78, 5) is 2.43. The zero-order valence-electron chi connectivity index (χ0n) is 26.5. The molecule has 0 aliphatic carbocycles. The Balaban J connectivity index is 1.15. The topological polar surface area (TPSA) is 16.4 Å². The normalized spacial score (nSPS) is 11.7. The maximum atomic E-state index is 6.23. The van der Waals surface area contributed by atoms with Crippen LogP contribution in [0.5, 0.6) is 0 Å². The Bertz CT molecular complexity index is 2840. The van der Waals surface area contributed by atoms with Gasteiger partial charge in [0.2, 0.25) is 0 Å². The lowest BCUT2D eigenvalue weighted by Gasteiger charge is -2.29. The van der Waals surface area contributed by atoms with E-state index in [4.69, 9.17) is 4.42 Å². The molecular formula is C46H29NOS. The number of furan rings is 1. The molecule has 10 rings (SSSR count). The summed E-state index contributed by atoms with van der Waals surface area (Å²) in [7, 11) is 0. The molecule has 0 aliphatic rings. The minimum absolute atomic E-state index is 0.907. The molecule has 0 unspecified atom stereocenters. The van der Waals surface area contributed by atoms with Crippen molar-refractivity contribution in [3.8, 4) is 22.3 Å². The van der Waals surface area contributed by atoms with Gasteiger partial charge in [-0.3, -0.25) is 0 Å². The van der Waals surface area contributed by atoms with E-state index in [1.54, 1.807) is 0 Å². The first kappa shape index (κ1) is 27.9. The maximum absolute atomic E-state index is 6.23. The summed E-state index contributed by atoms with van der Waals surface area (Å²) in [6, 6.07) is 63.3. The molecule has 0 saturated carbocycles. The van der Waals surface area contributed by atoms with Crippen LogP contribution in [0.1, 0.15) is 0 Å². The van der Waals surface area contributed by atoms with E-state index in [-0.39, 0.29) is 0 Å². The molecule has 0 radical (unpaired) electrons. The molecule has 0 saturated heterocycles. The lowest BCUT2D eigenvalue weighted by molar-refractivity contribution is 0.669. The van der Waals surface area contributed by atoms with E-state index in [1.165, 1.54) is 42.1 Å². The number of fused-ring (bicyclic) bond motifs is 7. The number of para-hydroxylation sites is 2. The molecule has 0 N–H and O–H groups in total. The predicted octanol–water partition coefficient (Wildman–Crippen LogP) is 13.9. The number of anilines is 3. The number of rotatable bonds is 5. The quantitative estimate of drug-likeness (QED) is 0.186. The molecule has 0 atom stereocenters. The highest BCUT2D eigenvalue weighted by atomic mass is 32.1. The Morgan fingerprint density at radius 2 is 1.04 bits per heavy atom. The molecule has 8 aromatic carbocycles. The van der Waals surface area contributed by atoms with Gasteiger partial charge in [-0.2, -0.15) is 0 Å². The van der Waals surface area contributed by atoms with Gasteiger partial charge in [0, 0.05) is 53.1 Å². The molecule has 3 heteroatoms. The van der Waals surface area contributed by atoms with Crippen LogP contribution in [0, 0.1) is 0 Å². The Kier molecular flexibility index (Phi) is 6.39. The number of hydrogen-bond donors (Lipinski definition) is 0. The molecule has 49 heavy (non-hydrogen) atoms. The van der Waals surface area contributed by atoms with Crippen molar-refractivity contribution < 1.29 is 4.42 Å². The van der Waals surface area contributed by atoms with Crippen molar-refractivity contribution in [3.05, 3.63) is 176 Å². The van der Waals surface area contributed by atoms with E-state index < -0.39 is 0 Å². The van der Waals surface area contributed by atoms with Gasteiger partial charge in [-0.15, -0.1) is 11.3 Å². The first-order valence-electron chi connectivity index (χ1n) is 16.6. The van der Waals surface area contributed by atoms with E-state index in [2.05, 4.69) is 169 Å². The maximum Gasteiger partial charge on any atom is 0.136 e. The number of nitrogens with zero attached hydrogens (tertiary/aromatic N) is 1. The van der Waals surface area contributed by atoms with Crippen molar-refractivity contribution in [2.45, 2.75) is 0 Å². The van der Waals surface area contributed by atoms with Crippen molar-refractivity contribution in [2.75, 3.05) is 4.90 Å². The third-order valence-corrected chi connectivity index (χ3v) is 10.9. The smallest absolute Gasteiger partial charge is 0.136 e. The van der Waals surface area contributed by atoms with Crippen molar-refractivity contribution in [1.29, 1.82) is 0 Å². The van der Waals surface area contributed by atoms with Gasteiger partial charge in [0.25, 0.3) is 0 Å². The van der Waals surface area contributed by atoms with E-state index in [0.29, 0.717) is 0 Å². The van der Waals surface area contributed by atoms with E-state index in [9.17, 15) is 0 Å². The van der Waals surface area contributed by atoms with Crippen LogP contribution in [0.15, 0.2) is 180 Å². The third kappa shape index (κ3) is 4.55. The van der Waals surface area contributed by atoms with Crippen LogP contribution in [0.3, 0.4) is 0 Å². The number of thiophene rings is 1. The van der Waals surface area contributed by atoms with Crippen molar-refractivity contribution >= 4 is 81.3 Å². The van der Waals surface area contributed by atoms with Gasteiger partial charge in [0.15, 0.2) is 0 Å². The average molecular weight is 644 g/mol. The standard InChI is InChI=1S/C46H29NOS/c1-2-13-34-31(11-1)12-9-20-41(34)47(33-26-23-30(24-27-33)32-25-28-37-36-15-4-7-21-43(36)48-44(37)29-32)42-19-6-3-14-35(42)39-17-10-18-40-38-16-5-8-22-45(38)49-46(39)40/h1-29H. The number of hydrogen-bond acceptors (Lipinski definition) is 3. The minimum atomic E-state index is 0.907. The first-order valence-corrected chi connectivity index (χ1v) is 17.4. The molecule has 0 bridgehead atoms. The summed E-state index contributed by atoms with van der Waals surface area (Å²) < 4.78 is 8.85. The zero-order chi connectivity index (χ0) is 32.3. The van der Waals surface area contributed by atoms with Crippen molar-refractivity contribution in [3.63, 3.8) is 0 Å². The Labute approximate surface area is 287 Å². The first-order chi connectivity index (χ1) is 24.3. The van der Waals surface area contributed by atoms with Crippen LogP contribution >= 0.6 is 11.3 Å². The fraction of sp³-hybridized carbons (Fsp3) is 0. The third-order valence-electron chi connectivity index (χ3n) is 9.68. The van der Waals surface area contributed by atoms with Gasteiger partial charge >= 0.3 is 0 Å². The Hall–Kier alpha value is -6.16. The molecule has 2 nitrogen and oxygen atoms in total. The molecule has 0 spiro atoms. The van der Waals surface area contributed by atoms with Gasteiger partial charge in [-0.25, -0.2) is 0 Å². The lowest BCUT2D eigenvalue weighted by Crippen LogP contribution is -2.11. The monoisotopic (exact) mass is 643 g/mol. The van der Waals surface area contributed by atoms with E-state index in [0.717, 1.165) is 50.1 Å². The zero-order valence-corrected chi connectivity index (χ0v) is 27.3. The molecular weight excluding hydrogens is 615 g/mol. The summed E-state index contributed by atoms with van der Waals surface area (Å²) in [5.74, 6) is 0. The number of benzene rings is 8. The van der Waals surface area contributed by atoms with Crippen LogP contribution in [0.25, 0.3) is 75.1 Å². The van der Waals surface area contributed by atoms with E-state index >= 15 is 0 Å². The van der Waals surface area contributed by atoms with Crippen LogP contribution in [-0.4, -0.2) is 0 Å². The summed E-state index contributed by atoms with van der Waals surface area (Å²) in [5.41, 5.74) is 9.93. The molecule has 230 valence electrons. The molecule has 0 aliphatic heterocycles. The SMILES string of the molecule is c1ccc(N(c2ccc(-c3ccc4c(c3)oc3ccccc34)cc2)c2cccc3ccccc23)c(-c2cccc3c2sc2ccccc23)c1. The highest BCUT2D eigenvalue weighted by Crippen LogP contribution is 2.47. The summed E-state index contributed by atoms with van der Waals surface area (Å²) in [5, 5.41) is 7.32. The second-order valence-electron chi connectivity index (χ2n) is 12.5. The fourth-order valence-corrected chi connectivity index (χ4v) is 8.61. The van der Waals surface area contributed by atoms with Crippen LogP contribution < -0.4 is 4.90 Å². The van der Waals surface area contributed by atoms with E-state index in [1.807, 2.05) is 23.5 Å². The molecule has 0 amide bonds. The van der Waals surface area contributed by atoms with Crippen LogP contribution in [-0.2, 0) is 0 Å².